The van der Waals surface area contributed by atoms with Crippen LogP contribution in [-0.4, -0.2) is 18.7 Å². The Hall–Kier alpha value is -2.35. The number of nitrogens with zero attached hydrogens (tertiary/aromatic N) is 1. The Kier molecular flexibility index (Phi) is 4.92. The van der Waals surface area contributed by atoms with Crippen molar-refractivity contribution in [3.63, 3.8) is 0 Å². The van der Waals surface area contributed by atoms with Crippen LogP contribution in [0.5, 0.6) is 0 Å². The van der Waals surface area contributed by atoms with E-state index in [1.807, 2.05) is 48.5 Å². The number of rotatable bonds is 5. The molecule has 0 aliphatic carbocycles. The summed E-state index contributed by atoms with van der Waals surface area (Å²) in [5.41, 5.74) is 3.38. The second-order valence-electron chi connectivity index (χ2n) is 4.82. The topological polar surface area (TPSA) is 66.6 Å². The van der Waals surface area contributed by atoms with Crippen LogP contribution in [0.4, 0.5) is 5.69 Å². The zero-order valence-electron chi connectivity index (χ0n) is 12.1. The SMILES string of the molecule is O=C(CNc1cccc2ccccc12)NN=Cc1ccc(I)o1. The Labute approximate surface area is 146 Å². The third kappa shape index (κ3) is 4.10. The van der Waals surface area contributed by atoms with Gasteiger partial charge in [0, 0.05) is 11.1 Å². The summed E-state index contributed by atoms with van der Waals surface area (Å²) in [5, 5.41) is 9.21. The van der Waals surface area contributed by atoms with Crippen LogP contribution in [0.25, 0.3) is 10.8 Å². The van der Waals surface area contributed by atoms with Crippen LogP contribution in [0.3, 0.4) is 0 Å². The number of anilines is 1. The number of halogens is 1. The molecule has 0 spiro atoms. The number of fused-ring (bicyclic) bond motifs is 1. The van der Waals surface area contributed by atoms with Gasteiger partial charge in [-0.3, -0.25) is 4.79 Å². The molecule has 0 aliphatic rings. The van der Waals surface area contributed by atoms with Gasteiger partial charge in [0.2, 0.25) is 0 Å². The number of furan rings is 1. The molecule has 0 saturated carbocycles. The Morgan fingerprint density at radius 2 is 1.96 bits per heavy atom. The molecule has 2 aromatic carbocycles. The van der Waals surface area contributed by atoms with E-state index in [-0.39, 0.29) is 12.5 Å². The third-order valence-electron chi connectivity index (χ3n) is 3.20. The molecule has 0 unspecified atom stereocenters. The fraction of sp³-hybridized carbons (Fsp3) is 0.0588. The van der Waals surface area contributed by atoms with E-state index < -0.39 is 0 Å². The van der Waals surface area contributed by atoms with E-state index in [1.54, 1.807) is 6.07 Å². The average molecular weight is 419 g/mol. The first-order valence-corrected chi connectivity index (χ1v) is 8.09. The Balaban J connectivity index is 1.57. The first-order chi connectivity index (χ1) is 11.2. The molecular weight excluding hydrogens is 405 g/mol. The second kappa shape index (κ2) is 7.28. The number of hydrogen-bond acceptors (Lipinski definition) is 4. The second-order valence-corrected chi connectivity index (χ2v) is 5.88. The fourth-order valence-corrected chi connectivity index (χ4v) is 2.59. The lowest BCUT2D eigenvalue weighted by Crippen LogP contribution is -2.25. The van der Waals surface area contributed by atoms with Crippen LogP contribution in [0, 0.1) is 3.77 Å². The quantitative estimate of drug-likeness (QED) is 0.378. The molecule has 1 amide bonds. The summed E-state index contributed by atoms with van der Waals surface area (Å²) in [6, 6.07) is 17.6. The number of hydrazone groups is 1. The van der Waals surface area contributed by atoms with Crippen molar-refractivity contribution in [1.29, 1.82) is 0 Å². The van der Waals surface area contributed by atoms with E-state index in [2.05, 4.69) is 38.4 Å². The summed E-state index contributed by atoms with van der Waals surface area (Å²) in [5.74, 6) is 0.368. The summed E-state index contributed by atoms with van der Waals surface area (Å²) < 4.78 is 6.08. The van der Waals surface area contributed by atoms with Gasteiger partial charge in [-0.05, 0) is 46.2 Å². The van der Waals surface area contributed by atoms with Gasteiger partial charge in [0.05, 0.1) is 12.8 Å². The average Bonchev–Trinajstić information content (AvgIpc) is 2.98. The first kappa shape index (κ1) is 15.5. The highest BCUT2D eigenvalue weighted by Gasteiger charge is 2.03. The van der Waals surface area contributed by atoms with Gasteiger partial charge in [0.25, 0.3) is 5.91 Å². The van der Waals surface area contributed by atoms with Gasteiger partial charge in [-0.2, -0.15) is 5.10 Å². The molecule has 0 saturated heterocycles. The highest BCUT2D eigenvalue weighted by Crippen LogP contribution is 2.22. The fourth-order valence-electron chi connectivity index (χ4n) is 2.16. The molecule has 5 nitrogen and oxygen atoms in total. The van der Waals surface area contributed by atoms with Crippen LogP contribution >= 0.6 is 22.6 Å². The predicted octanol–water partition coefficient (Wildman–Crippen LogP) is 3.60. The van der Waals surface area contributed by atoms with Crippen LogP contribution in [0.15, 0.2) is 64.1 Å². The molecule has 2 N–H and O–H groups in total. The lowest BCUT2D eigenvalue weighted by molar-refractivity contribution is -0.119. The van der Waals surface area contributed by atoms with Gasteiger partial charge in [-0.25, -0.2) is 5.43 Å². The molecule has 1 heterocycles. The Bertz CT molecular complexity index is 852. The summed E-state index contributed by atoms with van der Waals surface area (Å²) in [6.07, 6.45) is 1.47. The number of carbonyl (C=O) groups excluding carboxylic acids is 1. The lowest BCUT2D eigenvalue weighted by atomic mass is 10.1. The smallest absolute Gasteiger partial charge is 0.259 e. The maximum absolute atomic E-state index is 11.8. The predicted molar refractivity (Wildman–Crippen MR) is 99.6 cm³/mol. The number of amides is 1. The molecule has 1 aromatic heterocycles. The van der Waals surface area contributed by atoms with E-state index >= 15 is 0 Å². The maximum atomic E-state index is 11.8. The van der Waals surface area contributed by atoms with Gasteiger partial charge in [-0.15, -0.1) is 0 Å². The summed E-state index contributed by atoms with van der Waals surface area (Å²) in [6.45, 7) is 0.140. The molecule has 0 aliphatic heterocycles. The Morgan fingerprint density at radius 3 is 2.78 bits per heavy atom. The number of hydrogen-bond donors (Lipinski definition) is 2. The van der Waals surface area contributed by atoms with Crippen LogP contribution in [0.1, 0.15) is 5.76 Å². The normalized spacial score (nSPS) is 11.0. The minimum atomic E-state index is -0.226. The van der Waals surface area contributed by atoms with E-state index in [1.165, 1.54) is 6.21 Å². The summed E-state index contributed by atoms with van der Waals surface area (Å²) in [4.78, 5) is 11.8. The van der Waals surface area contributed by atoms with E-state index in [0.29, 0.717) is 5.76 Å². The van der Waals surface area contributed by atoms with Gasteiger partial charge in [0.15, 0.2) is 3.77 Å². The minimum Gasteiger partial charge on any atom is -0.449 e. The first-order valence-electron chi connectivity index (χ1n) is 7.01. The van der Waals surface area contributed by atoms with Crippen LogP contribution in [0.2, 0.25) is 0 Å². The van der Waals surface area contributed by atoms with Crippen molar-refractivity contribution in [3.8, 4) is 0 Å². The minimum absolute atomic E-state index is 0.140. The lowest BCUT2D eigenvalue weighted by Gasteiger charge is -2.08. The van der Waals surface area contributed by atoms with Crippen molar-refractivity contribution in [2.45, 2.75) is 0 Å². The molecule has 3 aromatic rings. The molecule has 0 fully saturated rings. The molecule has 6 heteroatoms. The van der Waals surface area contributed by atoms with E-state index in [4.69, 9.17) is 4.42 Å². The molecular formula is C17H14IN3O2. The van der Waals surface area contributed by atoms with E-state index in [0.717, 1.165) is 20.2 Å². The van der Waals surface area contributed by atoms with E-state index in [9.17, 15) is 4.79 Å². The molecule has 0 radical (unpaired) electrons. The largest absolute Gasteiger partial charge is 0.449 e. The Morgan fingerprint density at radius 1 is 1.13 bits per heavy atom. The van der Waals surface area contributed by atoms with Crippen LogP contribution < -0.4 is 10.7 Å². The zero-order chi connectivity index (χ0) is 16.1. The summed E-state index contributed by atoms with van der Waals surface area (Å²) >= 11 is 2.07. The standard InChI is InChI=1S/C17H14IN3O2/c18-16-9-8-13(23-16)10-20-21-17(22)11-19-15-7-3-5-12-4-1-2-6-14(12)15/h1-10,19H,11H2,(H,21,22). The molecule has 0 bridgehead atoms. The van der Waals surface area contributed by atoms with Crippen molar-refractivity contribution in [2.75, 3.05) is 11.9 Å². The third-order valence-corrected chi connectivity index (χ3v) is 3.78. The van der Waals surface area contributed by atoms with Crippen LogP contribution in [-0.2, 0) is 4.79 Å². The van der Waals surface area contributed by atoms with Crippen molar-refractivity contribution in [2.24, 2.45) is 5.10 Å². The number of nitrogens with one attached hydrogen (secondary N) is 2. The zero-order valence-corrected chi connectivity index (χ0v) is 14.3. The maximum Gasteiger partial charge on any atom is 0.259 e. The molecule has 23 heavy (non-hydrogen) atoms. The van der Waals surface area contributed by atoms with Gasteiger partial charge < -0.3 is 9.73 Å². The van der Waals surface area contributed by atoms with Crippen molar-refractivity contribution in [3.05, 3.63) is 64.1 Å². The molecule has 0 atom stereocenters. The van der Waals surface area contributed by atoms with Crippen molar-refractivity contribution in [1.82, 2.24) is 5.43 Å². The van der Waals surface area contributed by atoms with Gasteiger partial charge in [-0.1, -0.05) is 36.4 Å². The number of carbonyl (C=O) groups is 1. The highest BCUT2D eigenvalue weighted by molar-refractivity contribution is 14.1. The van der Waals surface area contributed by atoms with Gasteiger partial charge in [0.1, 0.15) is 5.76 Å². The number of benzene rings is 2. The van der Waals surface area contributed by atoms with Crippen molar-refractivity contribution < 1.29 is 9.21 Å². The monoisotopic (exact) mass is 419 g/mol. The van der Waals surface area contributed by atoms with Crippen molar-refractivity contribution >= 4 is 51.2 Å². The van der Waals surface area contributed by atoms with Gasteiger partial charge >= 0.3 is 0 Å². The molecule has 3 rings (SSSR count). The highest BCUT2D eigenvalue weighted by atomic mass is 127. The molecule has 116 valence electrons. The summed E-state index contributed by atoms with van der Waals surface area (Å²) in [7, 11) is 0.